The maximum atomic E-state index is 12.9. The second-order valence-corrected chi connectivity index (χ2v) is 11.6. The van der Waals surface area contributed by atoms with E-state index < -0.39 is 17.7 Å². The minimum absolute atomic E-state index is 0.234. The number of imide groups is 1. The number of fused-ring (bicyclic) bond motifs is 1. The number of halogens is 1. The lowest BCUT2D eigenvalue weighted by Crippen LogP contribution is -2.46. The van der Waals surface area contributed by atoms with Crippen molar-refractivity contribution in [3.8, 4) is 5.75 Å². The average Bonchev–Trinajstić information content (AvgIpc) is 3.32. The van der Waals surface area contributed by atoms with E-state index in [0.29, 0.717) is 22.6 Å². The summed E-state index contributed by atoms with van der Waals surface area (Å²) >= 11 is 3.48. The van der Waals surface area contributed by atoms with E-state index in [0.717, 1.165) is 61.7 Å². The first kappa shape index (κ1) is 31.9. The highest BCUT2D eigenvalue weighted by Crippen LogP contribution is 2.31. The fourth-order valence-electron chi connectivity index (χ4n) is 5.28. The number of amides is 3. The maximum Gasteiger partial charge on any atom is 0.265 e. The fraction of sp³-hybridized carbons (Fsp3) is 0.303. The van der Waals surface area contributed by atoms with Crippen molar-refractivity contribution in [1.29, 1.82) is 5.41 Å². The van der Waals surface area contributed by atoms with E-state index in [4.69, 9.17) is 10.1 Å². The molecule has 0 unspecified atom stereocenters. The molecule has 0 aliphatic carbocycles. The summed E-state index contributed by atoms with van der Waals surface area (Å²) in [5.74, 6) is -0.998. The van der Waals surface area contributed by atoms with Gasteiger partial charge in [-0.3, -0.25) is 34.6 Å². The van der Waals surface area contributed by atoms with Crippen LogP contribution in [-0.4, -0.2) is 91.1 Å². The summed E-state index contributed by atoms with van der Waals surface area (Å²) in [7, 11) is 1.46. The van der Waals surface area contributed by atoms with Crippen LogP contribution >= 0.6 is 15.9 Å². The molecule has 1 saturated heterocycles. The molecule has 0 atom stereocenters. The lowest BCUT2D eigenvalue weighted by atomic mass is 10.1. The summed E-state index contributed by atoms with van der Waals surface area (Å²) in [6.07, 6.45) is 6.89. The molecule has 2 aromatic carbocycles. The van der Waals surface area contributed by atoms with Crippen LogP contribution in [0.15, 0.2) is 77.7 Å². The molecular weight excluding hydrogens is 638 g/mol. The Morgan fingerprint density at radius 3 is 2.44 bits per heavy atom. The van der Waals surface area contributed by atoms with Crippen molar-refractivity contribution in [2.24, 2.45) is 0 Å². The smallest absolute Gasteiger partial charge is 0.265 e. The largest absolute Gasteiger partial charge is 0.493 e. The molecule has 2 aliphatic heterocycles. The number of carbonyl (C=O) groups excluding carboxylic acids is 3. The fourth-order valence-corrected chi connectivity index (χ4v) is 5.63. The van der Waals surface area contributed by atoms with Gasteiger partial charge in [-0.25, -0.2) is 0 Å². The summed E-state index contributed by atoms with van der Waals surface area (Å²) in [4.78, 5) is 47.1. The number of allylic oxidation sites excluding steroid dienone is 1. The molecule has 2 aliphatic rings. The molecule has 0 spiro atoms. The number of anilines is 2. The molecule has 0 radical (unpaired) electrons. The van der Waals surface area contributed by atoms with Crippen molar-refractivity contribution in [2.75, 3.05) is 63.1 Å². The number of likely N-dealkylation sites (N-methyl/N-ethyl adjacent to an activating group) is 1. The van der Waals surface area contributed by atoms with Crippen LogP contribution in [0, 0.1) is 5.41 Å². The predicted molar refractivity (Wildman–Crippen MR) is 177 cm³/mol. The van der Waals surface area contributed by atoms with Crippen molar-refractivity contribution in [1.82, 2.24) is 20.1 Å². The Balaban J connectivity index is 1.02. The van der Waals surface area contributed by atoms with E-state index in [-0.39, 0.29) is 17.7 Å². The van der Waals surface area contributed by atoms with Crippen LogP contribution in [0.1, 0.15) is 39.1 Å². The maximum absolute atomic E-state index is 12.9. The van der Waals surface area contributed by atoms with Gasteiger partial charge >= 0.3 is 0 Å². The molecule has 3 amide bonds. The molecule has 0 saturated carbocycles. The average molecular weight is 675 g/mol. The molecule has 45 heavy (non-hydrogen) atoms. The molecule has 3 heterocycles. The predicted octanol–water partition coefficient (Wildman–Crippen LogP) is 4.12. The van der Waals surface area contributed by atoms with Gasteiger partial charge in [0.05, 0.1) is 27.9 Å². The number of unbranched alkanes of at least 4 members (excludes halogenated alkanes) is 1. The summed E-state index contributed by atoms with van der Waals surface area (Å²) in [6.45, 7) is 4.90. The number of ether oxygens (including phenoxy) is 1. The van der Waals surface area contributed by atoms with Crippen molar-refractivity contribution in [3.05, 3.63) is 94.4 Å². The van der Waals surface area contributed by atoms with Crippen molar-refractivity contribution in [2.45, 2.75) is 12.8 Å². The van der Waals surface area contributed by atoms with Crippen LogP contribution < -0.4 is 20.3 Å². The Kier molecular flexibility index (Phi) is 10.6. The Hall–Kier alpha value is -4.55. The summed E-state index contributed by atoms with van der Waals surface area (Å²) in [5, 5.41) is 14.0. The van der Waals surface area contributed by atoms with Crippen LogP contribution in [0.4, 0.5) is 11.4 Å². The highest BCUT2D eigenvalue weighted by Gasteiger charge is 2.39. The van der Waals surface area contributed by atoms with Gasteiger partial charge in [0.15, 0.2) is 0 Å². The summed E-state index contributed by atoms with van der Waals surface area (Å²) in [6, 6.07) is 16.9. The van der Waals surface area contributed by atoms with Gasteiger partial charge in [-0.05, 0) is 83.8 Å². The van der Waals surface area contributed by atoms with Gasteiger partial charge in [0.2, 0.25) is 5.91 Å². The highest BCUT2D eigenvalue weighted by atomic mass is 79.9. The lowest BCUT2D eigenvalue weighted by Gasteiger charge is -2.36. The van der Waals surface area contributed by atoms with Crippen LogP contribution in [-0.2, 0) is 4.79 Å². The second-order valence-electron chi connectivity index (χ2n) is 10.7. The second kappa shape index (κ2) is 15.0. The number of aromatic nitrogens is 1. The number of carbonyl (C=O) groups is 3. The zero-order valence-corrected chi connectivity index (χ0v) is 26.7. The molecule has 3 N–H and O–H groups in total. The number of nitrogens with zero attached hydrogens (tertiary/aromatic N) is 4. The van der Waals surface area contributed by atoms with E-state index in [1.165, 1.54) is 12.7 Å². The monoisotopic (exact) mass is 673 g/mol. The Morgan fingerprint density at radius 1 is 1.00 bits per heavy atom. The topological polar surface area (TPSA) is 131 Å². The standard InChI is InChI=1S/C33H36BrN7O4/c1-36-29(42)22-41-32(43)26-5-4-6-28(30(26)33(41)44)45-20-3-2-15-39-16-18-40(19-17-39)25-9-7-24(8-10-25)38-21-27(34)31(35)23-11-13-37-14-12-23/h4-14,21,35,38H,2-3,15-20,22H2,1H3,(H,36,42)/b27-21+,35-31?. The molecule has 1 fully saturated rings. The third-order valence-corrected chi connectivity index (χ3v) is 8.47. The van der Waals surface area contributed by atoms with Crippen LogP contribution in [0.3, 0.4) is 0 Å². The number of hydrogen-bond acceptors (Lipinski definition) is 9. The summed E-state index contributed by atoms with van der Waals surface area (Å²) < 4.78 is 6.59. The quantitative estimate of drug-likeness (QED) is 0.140. The molecule has 12 heteroatoms. The van der Waals surface area contributed by atoms with E-state index in [2.05, 4.69) is 53.5 Å². The van der Waals surface area contributed by atoms with Crippen LogP contribution in [0.2, 0.25) is 0 Å². The van der Waals surface area contributed by atoms with E-state index in [1.54, 1.807) is 48.9 Å². The number of piperazine rings is 1. The van der Waals surface area contributed by atoms with Crippen LogP contribution in [0.5, 0.6) is 5.75 Å². The molecule has 3 aromatic rings. The number of pyridine rings is 1. The Morgan fingerprint density at radius 2 is 1.73 bits per heavy atom. The Bertz CT molecular complexity index is 1570. The third-order valence-electron chi connectivity index (χ3n) is 7.85. The van der Waals surface area contributed by atoms with Gasteiger partial charge in [-0.2, -0.15) is 0 Å². The van der Waals surface area contributed by atoms with Crippen molar-refractivity contribution >= 4 is 50.7 Å². The normalized spacial score (nSPS) is 15.2. The van der Waals surface area contributed by atoms with E-state index >= 15 is 0 Å². The third kappa shape index (κ3) is 7.76. The van der Waals surface area contributed by atoms with Gasteiger partial charge in [0.1, 0.15) is 12.3 Å². The van der Waals surface area contributed by atoms with Crippen molar-refractivity contribution in [3.63, 3.8) is 0 Å². The molecule has 1 aromatic heterocycles. The lowest BCUT2D eigenvalue weighted by molar-refractivity contribution is -0.120. The molecular formula is C33H36BrN7O4. The van der Waals surface area contributed by atoms with Gasteiger partial charge in [0, 0.05) is 68.8 Å². The minimum Gasteiger partial charge on any atom is -0.493 e. The number of hydrogen-bond donors (Lipinski definition) is 3. The molecule has 234 valence electrons. The zero-order chi connectivity index (χ0) is 31.8. The number of benzene rings is 2. The minimum atomic E-state index is -0.499. The first-order valence-electron chi connectivity index (χ1n) is 14.9. The van der Waals surface area contributed by atoms with E-state index in [9.17, 15) is 14.4 Å². The highest BCUT2D eigenvalue weighted by molar-refractivity contribution is 9.12. The Labute approximate surface area is 270 Å². The molecule has 5 rings (SSSR count). The number of nitrogens with one attached hydrogen (secondary N) is 3. The molecule has 0 bridgehead atoms. The van der Waals surface area contributed by atoms with Crippen molar-refractivity contribution < 1.29 is 19.1 Å². The van der Waals surface area contributed by atoms with Crippen LogP contribution in [0.25, 0.3) is 0 Å². The van der Waals surface area contributed by atoms with Gasteiger partial charge in [0.25, 0.3) is 11.8 Å². The SMILES string of the molecule is CNC(=O)CN1C(=O)c2cccc(OCCCCN3CCN(c4ccc(N/C=C(/Br)C(=N)c5ccncc5)cc4)CC3)c2C1=O. The van der Waals surface area contributed by atoms with Gasteiger partial charge in [-0.1, -0.05) is 6.07 Å². The van der Waals surface area contributed by atoms with Gasteiger partial charge < -0.3 is 20.3 Å². The first-order valence-corrected chi connectivity index (χ1v) is 15.7. The summed E-state index contributed by atoms with van der Waals surface area (Å²) in [5.41, 5.74) is 3.80. The molecule has 11 nitrogen and oxygen atoms in total. The number of rotatable bonds is 13. The van der Waals surface area contributed by atoms with Gasteiger partial charge in [-0.15, -0.1) is 0 Å². The van der Waals surface area contributed by atoms with E-state index in [1.807, 2.05) is 12.1 Å². The first-order chi connectivity index (χ1) is 21.9. The zero-order valence-electron chi connectivity index (χ0n) is 25.1.